The van der Waals surface area contributed by atoms with Gasteiger partial charge in [0.1, 0.15) is 16.7 Å². The molecule has 4 aromatic rings. The third-order valence-electron chi connectivity index (χ3n) is 5.92. The molecule has 172 valence electrons. The van der Waals surface area contributed by atoms with Gasteiger partial charge in [-0.2, -0.15) is 0 Å². The fraction of sp³-hybridized carbons (Fsp3) is 0.154. The van der Waals surface area contributed by atoms with E-state index in [2.05, 4.69) is 0 Å². The van der Waals surface area contributed by atoms with E-state index < -0.39 is 28.8 Å². The maximum Gasteiger partial charge on any atom is 0.312 e. The van der Waals surface area contributed by atoms with Crippen LogP contribution in [0.25, 0.3) is 22.3 Å². The van der Waals surface area contributed by atoms with Crippen molar-refractivity contribution in [3.63, 3.8) is 0 Å². The number of para-hydroxylation sites is 1. The Hall–Kier alpha value is -4.46. The second kappa shape index (κ2) is 8.15. The van der Waals surface area contributed by atoms with E-state index in [0.717, 1.165) is 0 Å². The van der Waals surface area contributed by atoms with Gasteiger partial charge in [0.25, 0.3) is 0 Å². The predicted octanol–water partition coefficient (Wildman–Crippen LogP) is 4.33. The Morgan fingerprint density at radius 3 is 2.41 bits per heavy atom. The summed E-state index contributed by atoms with van der Waals surface area (Å²) >= 11 is 0. The van der Waals surface area contributed by atoms with Crippen molar-refractivity contribution in [2.75, 3.05) is 14.2 Å². The van der Waals surface area contributed by atoms with Crippen LogP contribution in [0.1, 0.15) is 23.5 Å². The quantitative estimate of drug-likeness (QED) is 0.263. The first-order valence-electron chi connectivity index (χ1n) is 10.5. The Balaban J connectivity index is 1.89. The zero-order valence-corrected chi connectivity index (χ0v) is 18.3. The summed E-state index contributed by atoms with van der Waals surface area (Å²) in [5.41, 5.74) is 0.930. The van der Waals surface area contributed by atoms with E-state index in [0.29, 0.717) is 22.6 Å². The Labute approximate surface area is 193 Å². The van der Waals surface area contributed by atoms with Crippen molar-refractivity contribution in [1.29, 1.82) is 0 Å². The number of ether oxygens (including phenoxy) is 3. The minimum absolute atomic E-state index is 0.0130. The van der Waals surface area contributed by atoms with Gasteiger partial charge in [-0.3, -0.25) is 9.59 Å². The van der Waals surface area contributed by atoms with Crippen molar-refractivity contribution in [2.24, 2.45) is 0 Å². The zero-order valence-electron chi connectivity index (χ0n) is 18.3. The van der Waals surface area contributed by atoms with Crippen LogP contribution in [0.2, 0.25) is 0 Å². The van der Waals surface area contributed by atoms with Gasteiger partial charge in [-0.1, -0.05) is 42.5 Å². The number of hydrogen-bond acceptors (Lipinski definition) is 8. The summed E-state index contributed by atoms with van der Waals surface area (Å²) in [4.78, 5) is 25.6. The lowest BCUT2D eigenvalue weighted by Gasteiger charge is -2.28. The molecule has 5 rings (SSSR count). The minimum Gasteiger partial charge on any atom is -0.504 e. The van der Waals surface area contributed by atoms with Gasteiger partial charge < -0.3 is 28.8 Å². The number of esters is 1. The maximum absolute atomic E-state index is 13.1. The lowest BCUT2D eigenvalue weighted by molar-refractivity contribution is -0.135. The lowest BCUT2D eigenvalue weighted by atomic mass is 9.84. The van der Waals surface area contributed by atoms with Crippen molar-refractivity contribution in [3.8, 4) is 40.1 Å². The summed E-state index contributed by atoms with van der Waals surface area (Å²) in [5.74, 6) is -1.93. The average Bonchev–Trinajstić information content (AvgIpc) is 2.86. The summed E-state index contributed by atoms with van der Waals surface area (Å²) in [5, 5.41) is 21.1. The number of methoxy groups -OCH3 is 2. The van der Waals surface area contributed by atoms with Crippen LogP contribution in [0.15, 0.2) is 63.8 Å². The highest BCUT2D eigenvalue weighted by Crippen LogP contribution is 2.53. The first-order chi connectivity index (χ1) is 16.4. The number of fused-ring (bicyclic) bond motifs is 3. The average molecular weight is 460 g/mol. The number of rotatable bonds is 4. The molecule has 0 saturated heterocycles. The maximum atomic E-state index is 13.1. The predicted molar refractivity (Wildman–Crippen MR) is 123 cm³/mol. The molecule has 1 atom stereocenters. The number of hydrogen-bond donors (Lipinski definition) is 2. The van der Waals surface area contributed by atoms with Gasteiger partial charge in [-0.05, 0) is 6.07 Å². The van der Waals surface area contributed by atoms with Gasteiger partial charge in [-0.25, -0.2) is 0 Å². The molecular formula is C26H20O8. The Kier molecular flexibility index (Phi) is 5.13. The van der Waals surface area contributed by atoms with Gasteiger partial charge in [0.15, 0.2) is 28.4 Å². The van der Waals surface area contributed by atoms with Gasteiger partial charge in [0.2, 0.25) is 5.75 Å². The van der Waals surface area contributed by atoms with Crippen molar-refractivity contribution in [3.05, 3.63) is 75.9 Å². The third-order valence-corrected chi connectivity index (χ3v) is 5.92. The summed E-state index contributed by atoms with van der Waals surface area (Å²) in [6, 6.07) is 15.4. The molecule has 0 spiro atoms. The molecule has 2 N–H and O–H groups in total. The van der Waals surface area contributed by atoms with Gasteiger partial charge in [0.05, 0.1) is 26.2 Å². The lowest BCUT2D eigenvalue weighted by Crippen LogP contribution is -2.22. The third kappa shape index (κ3) is 3.23. The van der Waals surface area contributed by atoms with Crippen LogP contribution in [0, 0.1) is 0 Å². The minimum atomic E-state index is -0.718. The molecule has 0 amide bonds. The molecule has 0 aliphatic carbocycles. The van der Waals surface area contributed by atoms with Crippen molar-refractivity contribution in [2.45, 2.75) is 12.3 Å². The molecule has 0 bridgehead atoms. The molecular weight excluding hydrogens is 440 g/mol. The molecule has 2 heterocycles. The smallest absolute Gasteiger partial charge is 0.312 e. The number of carbonyl (C=O) groups is 1. The van der Waals surface area contributed by atoms with Crippen LogP contribution in [0.4, 0.5) is 0 Å². The molecule has 3 aromatic carbocycles. The second-order valence-corrected chi connectivity index (χ2v) is 7.80. The first kappa shape index (κ1) is 21.4. The van der Waals surface area contributed by atoms with Gasteiger partial charge in [0, 0.05) is 23.1 Å². The molecule has 0 fully saturated rings. The monoisotopic (exact) mass is 460 g/mol. The van der Waals surface area contributed by atoms with E-state index in [4.69, 9.17) is 18.6 Å². The molecule has 0 saturated carbocycles. The SMILES string of the molecule is COc1cccc(C2CC(=O)Oc3c(O)c(O)c4c(=O)cc(-c5ccccc5)oc4c32)c1OC. The molecule has 0 radical (unpaired) electrons. The molecule has 1 unspecified atom stereocenters. The summed E-state index contributed by atoms with van der Waals surface area (Å²) < 4.78 is 22.5. The Morgan fingerprint density at radius 2 is 1.71 bits per heavy atom. The van der Waals surface area contributed by atoms with Crippen molar-refractivity contribution >= 4 is 16.9 Å². The number of phenolic OH excluding ortho intramolecular Hbond substituents is 2. The highest BCUT2D eigenvalue weighted by atomic mass is 16.5. The molecule has 1 aromatic heterocycles. The van der Waals surface area contributed by atoms with Crippen molar-refractivity contribution in [1.82, 2.24) is 0 Å². The molecule has 8 heteroatoms. The summed E-state index contributed by atoms with van der Waals surface area (Å²) in [6.07, 6.45) is -0.116. The Morgan fingerprint density at radius 1 is 0.941 bits per heavy atom. The van der Waals surface area contributed by atoms with E-state index in [9.17, 15) is 19.8 Å². The van der Waals surface area contributed by atoms with Crippen molar-refractivity contribution < 1.29 is 33.6 Å². The zero-order chi connectivity index (χ0) is 24.0. The van der Waals surface area contributed by atoms with E-state index in [1.165, 1.54) is 20.3 Å². The summed E-state index contributed by atoms with van der Waals surface area (Å²) in [6.45, 7) is 0. The van der Waals surface area contributed by atoms with Crippen LogP contribution in [-0.4, -0.2) is 30.4 Å². The van der Waals surface area contributed by atoms with Crippen LogP contribution >= 0.6 is 0 Å². The van der Waals surface area contributed by atoms with Gasteiger partial charge in [-0.15, -0.1) is 0 Å². The molecule has 1 aliphatic heterocycles. The van der Waals surface area contributed by atoms with Crippen LogP contribution < -0.4 is 19.6 Å². The van der Waals surface area contributed by atoms with Crippen LogP contribution in [-0.2, 0) is 4.79 Å². The van der Waals surface area contributed by atoms with Crippen LogP contribution in [0.3, 0.4) is 0 Å². The normalized spacial score (nSPS) is 15.0. The topological polar surface area (TPSA) is 115 Å². The summed E-state index contributed by atoms with van der Waals surface area (Å²) in [7, 11) is 2.97. The Bertz CT molecular complexity index is 1490. The highest BCUT2D eigenvalue weighted by Gasteiger charge is 2.38. The number of carbonyl (C=O) groups excluding carboxylic acids is 1. The fourth-order valence-corrected chi connectivity index (χ4v) is 4.40. The van der Waals surface area contributed by atoms with Gasteiger partial charge >= 0.3 is 5.97 Å². The second-order valence-electron chi connectivity index (χ2n) is 7.80. The van der Waals surface area contributed by atoms with E-state index >= 15 is 0 Å². The molecule has 34 heavy (non-hydrogen) atoms. The molecule has 1 aliphatic rings. The number of phenols is 2. The number of benzene rings is 3. The first-order valence-corrected chi connectivity index (χ1v) is 10.5. The molecule has 8 nitrogen and oxygen atoms in total. The largest absolute Gasteiger partial charge is 0.504 e. The van der Waals surface area contributed by atoms with E-state index in [-0.39, 0.29) is 34.5 Å². The van der Waals surface area contributed by atoms with E-state index in [1.54, 1.807) is 42.5 Å². The van der Waals surface area contributed by atoms with Crippen LogP contribution in [0.5, 0.6) is 28.7 Å². The van der Waals surface area contributed by atoms with E-state index in [1.807, 2.05) is 6.07 Å². The number of aromatic hydroxyl groups is 2. The fourth-order valence-electron chi connectivity index (χ4n) is 4.40. The standard InChI is InChI=1S/C26H20O8/c1-31-17-10-6-9-14(24(17)32-2)15-11-19(28)34-26-20(15)25-21(22(29)23(26)30)16(27)12-18(33-25)13-7-4-3-5-8-13/h3-10,12,15,29-30H,11H2,1-2H3. The highest BCUT2D eigenvalue weighted by molar-refractivity contribution is 5.96.